The minimum Gasteiger partial charge on any atom is -0.327 e. The van der Waals surface area contributed by atoms with Crippen LogP contribution >= 0.6 is 0 Å². The van der Waals surface area contributed by atoms with E-state index in [9.17, 15) is 0 Å². The van der Waals surface area contributed by atoms with Crippen LogP contribution in [0.4, 0.5) is 0 Å². The van der Waals surface area contributed by atoms with Crippen LogP contribution in [-0.4, -0.2) is 6.04 Å². The Morgan fingerprint density at radius 1 is 1.50 bits per heavy atom. The molecule has 1 nitrogen and oxygen atoms in total. The monoisotopic (exact) mass is 109 g/mol. The van der Waals surface area contributed by atoms with Crippen molar-refractivity contribution in [2.45, 2.75) is 18.9 Å². The largest absolute Gasteiger partial charge is 0.327 e. The number of hydrogen-bond acceptors (Lipinski definition) is 1. The molecular formula is C7H11N. The zero-order chi connectivity index (χ0) is 5.56. The smallest absolute Gasteiger partial charge is 0.00814 e. The Labute approximate surface area is 49.6 Å². The number of fused-ring (bicyclic) bond motifs is 1. The predicted octanol–water partition coefficient (Wildman–Crippen LogP) is 0.910. The average molecular weight is 109 g/mol. The van der Waals surface area contributed by atoms with Gasteiger partial charge in [0.2, 0.25) is 0 Å². The SMILES string of the molecule is NC1CC2C=CCC12. The summed E-state index contributed by atoms with van der Waals surface area (Å²) in [5, 5.41) is 0. The van der Waals surface area contributed by atoms with Crippen molar-refractivity contribution in [1.82, 2.24) is 0 Å². The second kappa shape index (κ2) is 1.35. The van der Waals surface area contributed by atoms with E-state index < -0.39 is 0 Å². The molecule has 1 heteroatoms. The zero-order valence-corrected chi connectivity index (χ0v) is 4.88. The maximum Gasteiger partial charge on any atom is 0.00814 e. The summed E-state index contributed by atoms with van der Waals surface area (Å²) >= 11 is 0. The Kier molecular flexibility index (Phi) is 0.770. The van der Waals surface area contributed by atoms with E-state index in [1.165, 1.54) is 12.8 Å². The van der Waals surface area contributed by atoms with E-state index in [1.807, 2.05) is 0 Å². The van der Waals surface area contributed by atoms with Gasteiger partial charge in [-0.15, -0.1) is 0 Å². The third-order valence-electron chi connectivity index (χ3n) is 2.44. The fraction of sp³-hybridized carbons (Fsp3) is 0.714. The molecule has 0 saturated heterocycles. The van der Waals surface area contributed by atoms with Crippen molar-refractivity contribution in [2.75, 3.05) is 0 Å². The molecule has 0 amide bonds. The molecule has 0 aliphatic heterocycles. The number of hydrogen-bond donors (Lipinski definition) is 1. The lowest BCUT2D eigenvalue weighted by atomic mass is 9.72. The first kappa shape index (κ1) is 4.57. The Hall–Kier alpha value is -0.300. The molecule has 0 aromatic rings. The van der Waals surface area contributed by atoms with Gasteiger partial charge in [-0.2, -0.15) is 0 Å². The molecule has 0 aromatic carbocycles. The molecule has 3 unspecified atom stereocenters. The molecule has 2 N–H and O–H groups in total. The maximum absolute atomic E-state index is 5.72. The van der Waals surface area contributed by atoms with Crippen LogP contribution in [0.3, 0.4) is 0 Å². The van der Waals surface area contributed by atoms with Crippen molar-refractivity contribution < 1.29 is 0 Å². The van der Waals surface area contributed by atoms with Gasteiger partial charge >= 0.3 is 0 Å². The Balaban J connectivity index is 2.08. The summed E-state index contributed by atoms with van der Waals surface area (Å²) in [5.41, 5.74) is 5.72. The molecule has 2 rings (SSSR count). The van der Waals surface area contributed by atoms with E-state index in [0.717, 1.165) is 11.8 Å². The lowest BCUT2D eigenvalue weighted by molar-refractivity contribution is 0.198. The van der Waals surface area contributed by atoms with Gasteiger partial charge < -0.3 is 5.73 Å². The summed E-state index contributed by atoms with van der Waals surface area (Å²) in [5.74, 6) is 1.69. The normalized spacial score (nSPS) is 50.9. The molecule has 1 fully saturated rings. The topological polar surface area (TPSA) is 26.0 Å². The first-order valence-electron chi connectivity index (χ1n) is 3.30. The maximum atomic E-state index is 5.72. The van der Waals surface area contributed by atoms with E-state index in [1.54, 1.807) is 0 Å². The zero-order valence-electron chi connectivity index (χ0n) is 4.88. The molecule has 44 valence electrons. The molecule has 0 radical (unpaired) electrons. The second-order valence-corrected chi connectivity index (χ2v) is 2.89. The summed E-state index contributed by atoms with van der Waals surface area (Å²) in [6, 6.07) is 0.523. The molecule has 2 aliphatic carbocycles. The first-order chi connectivity index (χ1) is 3.88. The molecule has 1 saturated carbocycles. The van der Waals surface area contributed by atoms with Gasteiger partial charge in [-0.25, -0.2) is 0 Å². The van der Waals surface area contributed by atoms with Crippen LogP contribution in [0, 0.1) is 11.8 Å². The van der Waals surface area contributed by atoms with E-state index in [-0.39, 0.29) is 0 Å². The van der Waals surface area contributed by atoms with E-state index in [4.69, 9.17) is 5.73 Å². The van der Waals surface area contributed by atoms with Gasteiger partial charge in [0.1, 0.15) is 0 Å². The van der Waals surface area contributed by atoms with Crippen molar-refractivity contribution in [1.29, 1.82) is 0 Å². The van der Waals surface area contributed by atoms with Crippen LogP contribution in [-0.2, 0) is 0 Å². The van der Waals surface area contributed by atoms with E-state index in [2.05, 4.69) is 12.2 Å². The molecule has 8 heavy (non-hydrogen) atoms. The number of rotatable bonds is 0. The predicted molar refractivity (Wildman–Crippen MR) is 33.3 cm³/mol. The molecule has 0 aromatic heterocycles. The Morgan fingerprint density at radius 3 is 2.88 bits per heavy atom. The minimum absolute atomic E-state index is 0.523. The average Bonchev–Trinajstić information content (AvgIpc) is 2.09. The molecule has 0 spiro atoms. The van der Waals surface area contributed by atoms with Crippen LogP contribution in [0.25, 0.3) is 0 Å². The molecule has 0 heterocycles. The van der Waals surface area contributed by atoms with Crippen molar-refractivity contribution in [3.63, 3.8) is 0 Å². The number of allylic oxidation sites excluding steroid dienone is 2. The van der Waals surface area contributed by atoms with Gasteiger partial charge in [-0.05, 0) is 24.7 Å². The van der Waals surface area contributed by atoms with Crippen LogP contribution in [0.2, 0.25) is 0 Å². The van der Waals surface area contributed by atoms with E-state index >= 15 is 0 Å². The summed E-state index contributed by atoms with van der Waals surface area (Å²) < 4.78 is 0. The van der Waals surface area contributed by atoms with Gasteiger partial charge in [0.15, 0.2) is 0 Å². The molecule has 2 aliphatic rings. The third kappa shape index (κ3) is 0.402. The fourth-order valence-corrected chi connectivity index (χ4v) is 1.77. The van der Waals surface area contributed by atoms with Crippen molar-refractivity contribution in [3.05, 3.63) is 12.2 Å². The minimum atomic E-state index is 0.523. The molecule has 0 bridgehead atoms. The fourth-order valence-electron chi connectivity index (χ4n) is 1.77. The lowest BCUT2D eigenvalue weighted by Crippen LogP contribution is -2.44. The highest BCUT2D eigenvalue weighted by Gasteiger charge is 2.38. The number of nitrogens with two attached hydrogens (primary N) is 1. The Bertz CT molecular complexity index is 128. The standard InChI is InChI=1S/C7H11N/c8-7-4-5-2-1-3-6(5)7/h1-2,5-7H,3-4,8H2. The molecular weight excluding hydrogens is 98.1 g/mol. The summed E-state index contributed by atoms with van der Waals surface area (Å²) in [4.78, 5) is 0. The van der Waals surface area contributed by atoms with Gasteiger partial charge in [0.05, 0.1) is 0 Å². The van der Waals surface area contributed by atoms with Crippen molar-refractivity contribution in [3.8, 4) is 0 Å². The van der Waals surface area contributed by atoms with Gasteiger partial charge in [0, 0.05) is 6.04 Å². The van der Waals surface area contributed by atoms with Crippen molar-refractivity contribution in [2.24, 2.45) is 17.6 Å². The van der Waals surface area contributed by atoms with Gasteiger partial charge in [-0.1, -0.05) is 12.2 Å². The van der Waals surface area contributed by atoms with E-state index in [0.29, 0.717) is 6.04 Å². The summed E-state index contributed by atoms with van der Waals surface area (Å²) in [6.07, 6.45) is 7.06. The quantitative estimate of drug-likeness (QED) is 0.460. The lowest BCUT2D eigenvalue weighted by Gasteiger charge is -2.37. The first-order valence-corrected chi connectivity index (χ1v) is 3.30. The van der Waals surface area contributed by atoms with Crippen LogP contribution in [0.5, 0.6) is 0 Å². The van der Waals surface area contributed by atoms with Crippen molar-refractivity contribution >= 4 is 0 Å². The van der Waals surface area contributed by atoms with Crippen LogP contribution < -0.4 is 5.73 Å². The highest BCUT2D eigenvalue weighted by molar-refractivity contribution is 5.11. The second-order valence-electron chi connectivity index (χ2n) is 2.89. The van der Waals surface area contributed by atoms with Gasteiger partial charge in [0.25, 0.3) is 0 Å². The van der Waals surface area contributed by atoms with Crippen LogP contribution in [0.1, 0.15) is 12.8 Å². The third-order valence-corrected chi connectivity index (χ3v) is 2.44. The summed E-state index contributed by atoms with van der Waals surface area (Å²) in [7, 11) is 0. The Morgan fingerprint density at radius 2 is 2.38 bits per heavy atom. The van der Waals surface area contributed by atoms with Crippen LogP contribution in [0.15, 0.2) is 12.2 Å². The summed E-state index contributed by atoms with van der Waals surface area (Å²) in [6.45, 7) is 0. The highest BCUT2D eigenvalue weighted by atomic mass is 14.7. The highest BCUT2D eigenvalue weighted by Crippen LogP contribution is 2.41. The van der Waals surface area contributed by atoms with Gasteiger partial charge in [-0.3, -0.25) is 0 Å². The molecule has 3 atom stereocenters.